The number of nitrogens with zero attached hydrogens (tertiary/aromatic N) is 1. The van der Waals surface area contributed by atoms with Crippen LogP contribution < -0.4 is 5.73 Å². The fourth-order valence-electron chi connectivity index (χ4n) is 3.74. The molecule has 116 valence electrons. The van der Waals surface area contributed by atoms with Gasteiger partial charge in [-0.2, -0.15) is 0 Å². The van der Waals surface area contributed by atoms with E-state index in [2.05, 4.69) is 6.92 Å². The summed E-state index contributed by atoms with van der Waals surface area (Å²) in [5.41, 5.74) is 5.68. The molecule has 2 fully saturated rings. The standard InChI is InChI=1S/C16H30N2O2/c1-12-3-7-16(11-17,8-4-12)15(20)18-9-5-14(6-10-18)13(2)19/h12-14,19H,3-11,17H2,1-2H3. The molecule has 2 aliphatic rings. The Kier molecular flexibility index (Phi) is 5.08. The van der Waals surface area contributed by atoms with Crippen molar-refractivity contribution in [3.63, 3.8) is 0 Å². The SMILES string of the molecule is CC1CCC(CN)(C(=O)N2CCC(C(C)O)CC2)CC1. The van der Waals surface area contributed by atoms with Gasteiger partial charge in [-0.1, -0.05) is 6.92 Å². The molecule has 0 aromatic rings. The first kappa shape index (κ1) is 15.8. The van der Waals surface area contributed by atoms with Gasteiger partial charge in [0.1, 0.15) is 0 Å². The predicted octanol–water partition coefficient (Wildman–Crippen LogP) is 1.76. The Morgan fingerprint density at radius 3 is 2.30 bits per heavy atom. The zero-order valence-electron chi connectivity index (χ0n) is 13.0. The third-order valence-electron chi connectivity index (χ3n) is 5.58. The van der Waals surface area contributed by atoms with E-state index in [4.69, 9.17) is 5.73 Å². The zero-order chi connectivity index (χ0) is 14.8. The van der Waals surface area contributed by atoms with Crippen molar-refractivity contribution in [2.45, 2.75) is 58.5 Å². The van der Waals surface area contributed by atoms with Crippen LogP contribution in [0.1, 0.15) is 52.4 Å². The molecule has 3 N–H and O–H groups in total. The number of hydrogen-bond acceptors (Lipinski definition) is 3. The molecule has 1 aliphatic carbocycles. The van der Waals surface area contributed by atoms with Crippen LogP contribution >= 0.6 is 0 Å². The zero-order valence-corrected chi connectivity index (χ0v) is 13.0. The van der Waals surface area contributed by atoms with Crippen LogP contribution in [0.25, 0.3) is 0 Å². The number of amides is 1. The Hall–Kier alpha value is -0.610. The third kappa shape index (κ3) is 3.17. The van der Waals surface area contributed by atoms with Crippen LogP contribution in [0.2, 0.25) is 0 Å². The van der Waals surface area contributed by atoms with E-state index < -0.39 is 0 Å². The minimum atomic E-state index is -0.301. The molecule has 4 heteroatoms. The van der Waals surface area contributed by atoms with Crippen molar-refractivity contribution in [2.75, 3.05) is 19.6 Å². The highest BCUT2D eigenvalue weighted by molar-refractivity contribution is 5.83. The van der Waals surface area contributed by atoms with E-state index in [9.17, 15) is 9.90 Å². The Bertz CT molecular complexity index is 327. The number of piperidine rings is 1. The molecule has 1 unspecified atom stereocenters. The Balaban J connectivity index is 1.96. The van der Waals surface area contributed by atoms with E-state index >= 15 is 0 Å². The highest BCUT2D eigenvalue weighted by atomic mass is 16.3. The van der Waals surface area contributed by atoms with E-state index in [1.54, 1.807) is 0 Å². The van der Waals surface area contributed by atoms with E-state index in [-0.39, 0.29) is 17.4 Å². The molecule has 0 spiro atoms. The molecule has 0 bridgehead atoms. The molecule has 20 heavy (non-hydrogen) atoms. The van der Waals surface area contributed by atoms with Gasteiger partial charge < -0.3 is 15.7 Å². The van der Waals surface area contributed by atoms with Crippen LogP contribution in [0.15, 0.2) is 0 Å². The lowest BCUT2D eigenvalue weighted by Crippen LogP contribution is -2.52. The van der Waals surface area contributed by atoms with E-state index in [0.717, 1.165) is 57.5 Å². The quantitative estimate of drug-likeness (QED) is 0.829. The molecule has 1 amide bonds. The summed E-state index contributed by atoms with van der Waals surface area (Å²) in [6, 6.07) is 0. The van der Waals surface area contributed by atoms with Crippen LogP contribution in [0.4, 0.5) is 0 Å². The second-order valence-electron chi connectivity index (χ2n) is 7.04. The predicted molar refractivity (Wildman–Crippen MR) is 80.1 cm³/mol. The van der Waals surface area contributed by atoms with Crippen LogP contribution in [0.3, 0.4) is 0 Å². The van der Waals surface area contributed by atoms with Gasteiger partial charge in [-0.3, -0.25) is 4.79 Å². The maximum atomic E-state index is 12.9. The lowest BCUT2D eigenvalue weighted by Gasteiger charge is -2.43. The van der Waals surface area contributed by atoms with Crippen molar-refractivity contribution in [1.82, 2.24) is 4.90 Å². The van der Waals surface area contributed by atoms with Gasteiger partial charge in [0.2, 0.25) is 5.91 Å². The summed E-state index contributed by atoms with van der Waals surface area (Å²) in [5.74, 6) is 1.35. The van der Waals surface area contributed by atoms with Gasteiger partial charge in [-0.05, 0) is 57.3 Å². The summed E-state index contributed by atoms with van der Waals surface area (Å²) in [6.45, 7) is 6.16. The largest absolute Gasteiger partial charge is 0.393 e. The molecule has 2 rings (SSSR count). The van der Waals surface area contributed by atoms with Gasteiger partial charge in [0, 0.05) is 19.6 Å². The summed E-state index contributed by atoms with van der Waals surface area (Å²) >= 11 is 0. The molecule has 1 heterocycles. The van der Waals surface area contributed by atoms with Gasteiger partial charge in [-0.15, -0.1) is 0 Å². The highest BCUT2D eigenvalue weighted by Gasteiger charge is 2.43. The number of aliphatic hydroxyl groups excluding tert-OH is 1. The van der Waals surface area contributed by atoms with Crippen molar-refractivity contribution < 1.29 is 9.90 Å². The van der Waals surface area contributed by atoms with Crippen LogP contribution in [0.5, 0.6) is 0 Å². The van der Waals surface area contributed by atoms with Crippen LogP contribution in [-0.2, 0) is 4.79 Å². The summed E-state index contributed by atoms with van der Waals surface area (Å²) in [5, 5.41) is 9.65. The van der Waals surface area contributed by atoms with E-state index in [1.807, 2.05) is 11.8 Å². The second-order valence-corrected chi connectivity index (χ2v) is 7.04. The molecule has 0 radical (unpaired) electrons. The number of aliphatic hydroxyl groups is 1. The average Bonchev–Trinajstić information content (AvgIpc) is 2.48. The first-order valence-corrected chi connectivity index (χ1v) is 8.16. The molecule has 0 aromatic carbocycles. The number of likely N-dealkylation sites (tertiary alicyclic amines) is 1. The second kappa shape index (κ2) is 6.44. The minimum absolute atomic E-state index is 0.258. The fraction of sp³-hybridized carbons (Fsp3) is 0.938. The lowest BCUT2D eigenvalue weighted by atomic mass is 9.69. The average molecular weight is 282 g/mol. The first-order chi connectivity index (χ1) is 9.48. The van der Waals surface area contributed by atoms with Gasteiger partial charge >= 0.3 is 0 Å². The summed E-state index contributed by atoms with van der Waals surface area (Å²) in [7, 11) is 0. The van der Waals surface area contributed by atoms with Gasteiger partial charge in [0.25, 0.3) is 0 Å². The van der Waals surface area contributed by atoms with Crippen LogP contribution in [-0.4, -0.2) is 41.7 Å². The van der Waals surface area contributed by atoms with Crippen molar-refractivity contribution in [2.24, 2.45) is 23.0 Å². The number of nitrogens with two attached hydrogens (primary N) is 1. The van der Waals surface area contributed by atoms with Crippen molar-refractivity contribution in [3.8, 4) is 0 Å². The molecule has 4 nitrogen and oxygen atoms in total. The Morgan fingerprint density at radius 1 is 1.30 bits per heavy atom. The number of carbonyl (C=O) groups excluding carboxylic acids is 1. The summed E-state index contributed by atoms with van der Waals surface area (Å²) in [6.07, 6.45) is 5.70. The third-order valence-corrected chi connectivity index (χ3v) is 5.58. The number of carbonyl (C=O) groups is 1. The Labute approximate surface area is 122 Å². The fourth-order valence-corrected chi connectivity index (χ4v) is 3.74. The normalized spacial score (nSPS) is 34.0. The van der Waals surface area contributed by atoms with Gasteiger partial charge in [-0.25, -0.2) is 0 Å². The minimum Gasteiger partial charge on any atom is -0.393 e. The first-order valence-electron chi connectivity index (χ1n) is 8.16. The van der Waals surface area contributed by atoms with E-state index in [1.165, 1.54) is 0 Å². The monoisotopic (exact) mass is 282 g/mol. The molecule has 0 aromatic heterocycles. The molecule has 1 saturated carbocycles. The van der Waals surface area contributed by atoms with Crippen molar-refractivity contribution in [1.29, 1.82) is 0 Å². The van der Waals surface area contributed by atoms with Crippen LogP contribution in [0, 0.1) is 17.3 Å². The lowest BCUT2D eigenvalue weighted by molar-refractivity contribution is -0.146. The maximum absolute atomic E-state index is 12.9. The molecule has 1 atom stereocenters. The molecular weight excluding hydrogens is 252 g/mol. The number of hydrogen-bond donors (Lipinski definition) is 2. The number of rotatable bonds is 3. The van der Waals surface area contributed by atoms with Crippen molar-refractivity contribution >= 4 is 5.91 Å². The Morgan fingerprint density at radius 2 is 1.85 bits per heavy atom. The maximum Gasteiger partial charge on any atom is 0.230 e. The topological polar surface area (TPSA) is 66.6 Å². The molecular formula is C16H30N2O2. The van der Waals surface area contributed by atoms with Crippen molar-refractivity contribution in [3.05, 3.63) is 0 Å². The highest BCUT2D eigenvalue weighted by Crippen LogP contribution is 2.40. The molecule has 1 saturated heterocycles. The van der Waals surface area contributed by atoms with E-state index in [0.29, 0.717) is 12.5 Å². The van der Waals surface area contributed by atoms with Gasteiger partial charge in [0.15, 0.2) is 0 Å². The smallest absolute Gasteiger partial charge is 0.230 e. The summed E-state index contributed by atoms with van der Waals surface area (Å²) in [4.78, 5) is 14.9. The van der Waals surface area contributed by atoms with Gasteiger partial charge in [0.05, 0.1) is 11.5 Å². The summed E-state index contributed by atoms with van der Waals surface area (Å²) < 4.78 is 0. The molecule has 1 aliphatic heterocycles.